The van der Waals surface area contributed by atoms with Crippen LogP contribution >= 0.6 is 0 Å². The Hall–Kier alpha value is -2.54. The zero-order valence-electron chi connectivity index (χ0n) is 15.7. The summed E-state index contributed by atoms with van der Waals surface area (Å²) in [6.07, 6.45) is 5.35. The monoisotopic (exact) mass is 367 g/mol. The Bertz CT molecular complexity index is 792. The molecule has 1 amide bonds. The van der Waals surface area contributed by atoms with Crippen molar-refractivity contribution in [2.24, 2.45) is 0 Å². The number of amides is 1. The second kappa shape index (κ2) is 8.00. The lowest BCUT2D eigenvalue weighted by Gasteiger charge is -2.33. The summed E-state index contributed by atoms with van der Waals surface area (Å²) in [5.74, 6) is 2.07. The first-order valence-corrected chi connectivity index (χ1v) is 9.58. The van der Waals surface area contributed by atoms with Gasteiger partial charge in [-0.3, -0.25) is 9.78 Å². The number of hydrogen-bond donors (Lipinski definition) is 0. The summed E-state index contributed by atoms with van der Waals surface area (Å²) in [4.78, 5) is 30.3. The zero-order chi connectivity index (χ0) is 18.6. The van der Waals surface area contributed by atoms with Crippen LogP contribution in [0.25, 0.3) is 0 Å². The number of likely N-dealkylation sites (tertiary alicyclic amines) is 1. The number of morpholine rings is 1. The smallest absolute Gasteiger partial charge is 0.253 e. The topological polar surface area (TPSA) is 71.5 Å². The molecule has 0 spiro atoms. The highest BCUT2D eigenvalue weighted by Gasteiger charge is 2.27. The quantitative estimate of drug-likeness (QED) is 0.827. The lowest BCUT2D eigenvalue weighted by molar-refractivity contribution is 0.0705. The number of hydrogen-bond acceptors (Lipinski definition) is 6. The van der Waals surface area contributed by atoms with E-state index in [2.05, 4.69) is 20.9 Å². The number of nitrogens with zero attached hydrogens (tertiary/aromatic N) is 5. The minimum absolute atomic E-state index is 0.0706. The number of anilines is 1. The van der Waals surface area contributed by atoms with Gasteiger partial charge in [-0.25, -0.2) is 9.97 Å². The Morgan fingerprint density at radius 1 is 1.15 bits per heavy atom. The number of carbonyl (C=O) groups is 1. The fourth-order valence-electron chi connectivity index (χ4n) is 3.82. The van der Waals surface area contributed by atoms with Gasteiger partial charge in [0, 0.05) is 56.1 Å². The van der Waals surface area contributed by atoms with Crippen LogP contribution in [0.15, 0.2) is 30.6 Å². The van der Waals surface area contributed by atoms with Gasteiger partial charge in [0.1, 0.15) is 11.6 Å². The van der Waals surface area contributed by atoms with Gasteiger partial charge in [-0.05, 0) is 31.9 Å². The molecule has 2 saturated heterocycles. The second-order valence-corrected chi connectivity index (χ2v) is 7.12. The number of pyridine rings is 1. The molecule has 0 aromatic carbocycles. The normalized spacial score (nSPS) is 20.6. The maximum atomic E-state index is 12.8. The van der Waals surface area contributed by atoms with Crippen molar-refractivity contribution in [3.8, 4) is 0 Å². The molecule has 1 unspecified atom stereocenters. The van der Waals surface area contributed by atoms with Gasteiger partial charge in [0.2, 0.25) is 0 Å². The SMILES string of the molecule is Cc1nc(C2CCCN(C(=O)c3ccncc3)C2)cc(N2CCOCC2)n1. The second-order valence-electron chi connectivity index (χ2n) is 7.12. The van der Waals surface area contributed by atoms with E-state index in [1.54, 1.807) is 24.5 Å². The molecule has 4 rings (SSSR count). The number of ether oxygens (including phenoxy) is 1. The van der Waals surface area contributed by atoms with Crippen LogP contribution in [0.3, 0.4) is 0 Å². The van der Waals surface area contributed by atoms with Crippen molar-refractivity contribution in [3.63, 3.8) is 0 Å². The Morgan fingerprint density at radius 3 is 2.70 bits per heavy atom. The molecule has 2 aliphatic heterocycles. The molecule has 0 N–H and O–H groups in total. The summed E-state index contributed by atoms with van der Waals surface area (Å²) in [6, 6.07) is 5.65. The molecule has 27 heavy (non-hydrogen) atoms. The Morgan fingerprint density at radius 2 is 1.93 bits per heavy atom. The van der Waals surface area contributed by atoms with Crippen LogP contribution in [0.4, 0.5) is 5.82 Å². The molecule has 7 heteroatoms. The van der Waals surface area contributed by atoms with Crippen LogP contribution < -0.4 is 4.90 Å². The molecule has 2 aromatic heterocycles. The highest BCUT2D eigenvalue weighted by Crippen LogP contribution is 2.28. The summed E-state index contributed by atoms with van der Waals surface area (Å²) < 4.78 is 5.45. The standard InChI is InChI=1S/C20H25N5O2/c1-15-22-18(13-19(23-15)24-9-11-27-12-10-24)17-3-2-8-25(14-17)20(26)16-4-6-21-7-5-16/h4-7,13,17H,2-3,8-12,14H2,1H3. The summed E-state index contributed by atoms with van der Waals surface area (Å²) in [7, 11) is 0. The van der Waals surface area contributed by atoms with Crippen molar-refractivity contribution >= 4 is 11.7 Å². The van der Waals surface area contributed by atoms with Gasteiger partial charge in [0.05, 0.1) is 18.9 Å². The number of piperidine rings is 1. The van der Waals surface area contributed by atoms with E-state index in [0.29, 0.717) is 12.1 Å². The molecule has 0 aliphatic carbocycles. The fraction of sp³-hybridized carbons (Fsp3) is 0.500. The van der Waals surface area contributed by atoms with E-state index in [1.165, 1.54) is 0 Å². The minimum atomic E-state index is 0.0706. The van der Waals surface area contributed by atoms with Crippen LogP contribution in [-0.4, -0.2) is 65.2 Å². The largest absolute Gasteiger partial charge is 0.378 e. The highest BCUT2D eigenvalue weighted by atomic mass is 16.5. The van der Waals surface area contributed by atoms with Crippen LogP contribution in [-0.2, 0) is 4.74 Å². The highest BCUT2D eigenvalue weighted by molar-refractivity contribution is 5.94. The molecular formula is C20H25N5O2. The average molecular weight is 367 g/mol. The van der Waals surface area contributed by atoms with E-state index in [1.807, 2.05) is 11.8 Å². The summed E-state index contributed by atoms with van der Waals surface area (Å²) in [6.45, 7) is 6.60. The predicted octanol–water partition coefficient (Wildman–Crippen LogP) is 2.04. The lowest BCUT2D eigenvalue weighted by atomic mass is 9.94. The van der Waals surface area contributed by atoms with E-state index >= 15 is 0 Å². The van der Waals surface area contributed by atoms with E-state index < -0.39 is 0 Å². The van der Waals surface area contributed by atoms with Gasteiger partial charge in [0.25, 0.3) is 5.91 Å². The number of aryl methyl sites for hydroxylation is 1. The van der Waals surface area contributed by atoms with E-state index in [4.69, 9.17) is 9.72 Å². The summed E-state index contributed by atoms with van der Waals surface area (Å²) >= 11 is 0. The van der Waals surface area contributed by atoms with Gasteiger partial charge < -0.3 is 14.5 Å². The summed E-state index contributed by atoms with van der Waals surface area (Å²) in [5.41, 5.74) is 1.73. The maximum absolute atomic E-state index is 12.8. The van der Waals surface area contributed by atoms with Crippen LogP contribution in [0, 0.1) is 6.92 Å². The first-order chi connectivity index (χ1) is 13.2. The Kier molecular flexibility index (Phi) is 5.29. The molecule has 2 aromatic rings. The third-order valence-corrected chi connectivity index (χ3v) is 5.23. The van der Waals surface area contributed by atoms with Crippen molar-refractivity contribution in [3.05, 3.63) is 47.7 Å². The maximum Gasteiger partial charge on any atom is 0.253 e. The zero-order valence-corrected chi connectivity index (χ0v) is 15.7. The van der Waals surface area contributed by atoms with Crippen molar-refractivity contribution in [1.29, 1.82) is 0 Å². The molecule has 1 atom stereocenters. The fourth-order valence-corrected chi connectivity index (χ4v) is 3.82. The van der Waals surface area contributed by atoms with Gasteiger partial charge in [-0.15, -0.1) is 0 Å². The number of rotatable bonds is 3. The van der Waals surface area contributed by atoms with E-state index in [0.717, 1.165) is 63.0 Å². The molecule has 4 heterocycles. The molecular weight excluding hydrogens is 342 g/mol. The third kappa shape index (κ3) is 4.08. The van der Waals surface area contributed by atoms with Crippen LogP contribution in [0.2, 0.25) is 0 Å². The predicted molar refractivity (Wildman–Crippen MR) is 102 cm³/mol. The van der Waals surface area contributed by atoms with Crippen molar-refractivity contribution < 1.29 is 9.53 Å². The number of aromatic nitrogens is 3. The van der Waals surface area contributed by atoms with Gasteiger partial charge >= 0.3 is 0 Å². The van der Waals surface area contributed by atoms with E-state index in [-0.39, 0.29) is 11.8 Å². The van der Waals surface area contributed by atoms with Crippen molar-refractivity contribution in [2.75, 3.05) is 44.3 Å². The Labute approximate surface area is 159 Å². The molecule has 0 bridgehead atoms. The van der Waals surface area contributed by atoms with Gasteiger partial charge in [0.15, 0.2) is 0 Å². The van der Waals surface area contributed by atoms with Crippen LogP contribution in [0.1, 0.15) is 40.6 Å². The third-order valence-electron chi connectivity index (χ3n) is 5.23. The molecule has 0 radical (unpaired) electrons. The van der Waals surface area contributed by atoms with Crippen molar-refractivity contribution in [2.45, 2.75) is 25.7 Å². The Balaban J connectivity index is 1.52. The van der Waals surface area contributed by atoms with Crippen LogP contribution in [0.5, 0.6) is 0 Å². The lowest BCUT2D eigenvalue weighted by Crippen LogP contribution is -2.40. The van der Waals surface area contributed by atoms with Gasteiger partial charge in [-0.2, -0.15) is 0 Å². The molecule has 7 nitrogen and oxygen atoms in total. The number of carbonyl (C=O) groups excluding carboxylic acids is 1. The first-order valence-electron chi connectivity index (χ1n) is 9.58. The molecule has 2 fully saturated rings. The first kappa shape index (κ1) is 17.9. The molecule has 142 valence electrons. The minimum Gasteiger partial charge on any atom is -0.378 e. The van der Waals surface area contributed by atoms with E-state index in [9.17, 15) is 4.79 Å². The van der Waals surface area contributed by atoms with Crippen molar-refractivity contribution in [1.82, 2.24) is 19.9 Å². The summed E-state index contributed by atoms with van der Waals surface area (Å²) in [5, 5.41) is 0. The average Bonchev–Trinajstić information content (AvgIpc) is 2.74. The molecule has 0 saturated carbocycles. The van der Waals surface area contributed by atoms with Gasteiger partial charge in [-0.1, -0.05) is 0 Å². The molecule has 2 aliphatic rings.